The fraction of sp³-hybridized carbons (Fsp3) is 0.545. The van der Waals surface area contributed by atoms with Crippen LogP contribution in [0.25, 0.3) is 0 Å². The van der Waals surface area contributed by atoms with E-state index in [1.807, 2.05) is 0 Å². The molecular weight excluding hydrogens is 204 g/mol. The maximum atomic E-state index is 11.0. The fourth-order valence-electron chi connectivity index (χ4n) is 2.00. The van der Waals surface area contributed by atoms with Crippen LogP contribution in [0.2, 0.25) is 0 Å². The van der Waals surface area contributed by atoms with Crippen LogP contribution in [0.1, 0.15) is 40.6 Å². The molecule has 0 aromatic carbocycles. The van der Waals surface area contributed by atoms with E-state index in [1.54, 1.807) is 13.1 Å². The van der Waals surface area contributed by atoms with Gasteiger partial charge in [0.1, 0.15) is 5.82 Å². The number of aryl methyl sites for hydroxylation is 1. The van der Waals surface area contributed by atoms with Crippen molar-refractivity contribution in [3.8, 4) is 0 Å². The average molecular weight is 220 g/mol. The molecule has 16 heavy (non-hydrogen) atoms. The maximum Gasteiger partial charge on any atom is 0.252 e. The smallest absolute Gasteiger partial charge is 0.252 e. The second-order valence-electron chi connectivity index (χ2n) is 4.12. The Morgan fingerprint density at radius 3 is 2.75 bits per heavy atom. The number of nitrogens with zero attached hydrogens (tertiary/aromatic N) is 2. The van der Waals surface area contributed by atoms with Crippen LogP contribution in [0.4, 0.5) is 0 Å². The van der Waals surface area contributed by atoms with Crippen LogP contribution in [0.5, 0.6) is 0 Å². The molecule has 86 valence electrons. The molecule has 1 aliphatic rings. The summed E-state index contributed by atoms with van der Waals surface area (Å²) in [4.78, 5) is 19.7. The van der Waals surface area contributed by atoms with Crippen molar-refractivity contribution in [2.75, 3.05) is 13.1 Å². The van der Waals surface area contributed by atoms with Crippen LogP contribution in [0.15, 0.2) is 6.20 Å². The van der Waals surface area contributed by atoms with Crippen molar-refractivity contribution in [2.24, 2.45) is 5.73 Å². The first-order valence-electron chi connectivity index (χ1n) is 5.52. The molecule has 5 nitrogen and oxygen atoms in total. The number of nitrogens with one attached hydrogen (secondary N) is 1. The Labute approximate surface area is 94.5 Å². The highest BCUT2D eigenvalue weighted by Crippen LogP contribution is 2.22. The maximum absolute atomic E-state index is 11.0. The monoisotopic (exact) mass is 220 g/mol. The molecule has 0 atom stereocenters. The highest BCUT2D eigenvalue weighted by molar-refractivity contribution is 5.93. The Hall–Kier alpha value is -1.49. The van der Waals surface area contributed by atoms with Gasteiger partial charge in [-0.05, 0) is 32.9 Å². The van der Waals surface area contributed by atoms with Crippen molar-refractivity contribution in [1.29, 1.82) is 0 Å². The van der Waals surface area contributed by atoms with E-state index in [-0.39, 0.29) is 0 Å². The summed E-state index contributed by atoms with van der Waals surface area (Å²) in [6.07, 6.45) is 3.65. The molecule has 1 saturated heterocycles. The Morgan fingerprint density at radius 1 is 1.50 bits per heavy atom. The quantitative estimate of drug-likeness (QED) is 0.753. The molecule has 0 unspecified atom stereocenters. The van der Waals surface area contributed by atoms with Crippen molar-refractivity contribution < 1.29 is 4.79 Å². The molecule has 0 aliphatic carbocycles. The first kappa shape index (κ1) is 11.0. The van der Waals surface area contributed by atoms with Gasteiger partial charge >= 0.3 is 0 Å². The lowest BCUT2D eigenvalue weighted by Gasteiger charge is -2.21. The molecule has 2 heterocycles. The van der Waals surface area contributed by atoms with Gasteiger partial charge in [-0.25, -0.2) is 9.97 Å². The molecule has 5 heteroatoms. The number of primary amides is 1. The molecule has 0 radical (unpaired) electrons. The molecule has 1 aromatic heterocycles. The van der Waals surface area contributed by atoms with E-state index in [4.69, 9.17) is 5.73 Å². The molecule has 0 bridgehead atoms. The molecule has 1 fully saturated rings. The summed E-state index contributed by atoms with van der Waals surface area (Å²) in [5.74, 6) is 0.778. The summed E-state index contributed by atoms with van der Waals surface area (Å²) in [7, 11) is 0. The van der Waals surface area contributed by atoms with Gasteiger partial charge in [0.15, 0.2) is 0 Å². The molecule has 1 amide bonds. The number of aromatic nitrogens is 2. The third kappa shape index (κ3) is 2.19. The van der Waals surface area contributed by atoms with Gasteiger partial charge in [-0.2, -0.15) is 0 Å². The zero-order valence-corrected chi connectivity index (χ0v) is 9.36. The predicted octanol–water partition coefficient (Wildman–Crippen LogP) is 0.351. The molecular formula is C11H16N4O. The van der Waals surface area contributed by atoms with Gasteiger partial charge in [0, 0.05) is 12.1 Å². The van der Waals surface area contributed by atoms with Gasteiger partial charge in [0.05, 0.1) is 11.3 Å². The van der Waals surface area contributed by atoms with Crippen molar-refractivity contribution in [1.82, 2.24) is 15.3 Å². The van der Waals surface area contributed by atoms with Crippen molar-refractivity contribution in [2.45, 2.75) is 25.7 Å². The third-order valence-corrected chi connectivity index (χ3v) is 2.97. The molecule has 1 aromatic rings. The second-order valence-corrected chi connectivity index (χ2v) is 4.12. The SMILES string of the molecule is Cc1nc(C2CCNCC2)ncc1C(N)=O. The number of carbonyl (C=O) groups is 1. The van der Waals surface area contributed by atoms with Gasteiger partial charge in [-0.3, -0.25) is 4.79 Å². The Morgan fingerprint density at radius 2 is 2.19 bits per heavy atom. The molecule has 0 spiro atoms. The lowest BCUT2D eigenvalue weighted by Crippen LogP contribution is -2.28. The minimum absolute atomic E-state index is 0.405. The number of amides is 1. The van der Waals surface area contributed by atoms with Crippen LogP contribution in [0.3, 0.4) is 0 Å². The summed E-state index contributed by atoms with van der Waals surface area (Å²) in [6, 6.07) is 0. The van der Waals surface area contributed by atoms with E-state index in [0.717, 1.165) is 31.8 Å². The van der Waals surface area contributed by atoms with Crippen LogP contribution < -0.4 is 11.1 Å². The standard InChI is InChI=1S/C11H16N4O/c1-7-9(10(12)16)6-14-11(15-7)8-2-4-13-5-3-8/h6,8,13H,2-5H2,1H3,(H2,12,16). The summed E-state index contributed by atoms with van der Waals surface area (Å²) in [5, 5.41) is 3.30. The Bertz CT molecular complexity index is 399. The average Bonchev–Trinajstić information content (AvgIpc) is 2.29. The minimum atomic E-state index is -0.464. The number of piperidine rings is 1. The van der Waals surface area contributed by atoms with Crippen LogP contribution in [0, 0.1) is 6.92 Å². The highest BCUT2D eigenvalue weighted by Gasteiger charge is 2.19. The zero-order chi connectivity index (χ0) is 11.5. The fourth-order valence-corrected chi connectivity index (χ4v) is 2.00. The van der Waals surface area contributed by atoms with E-state index in [2.05, 4.69) is 15.3 Å². The lowest BCUT2D eigenvalue weighted by atomic mass is 9.97. The number of nitrogens with two attached hydrogens (primary N) is 1. The number of hydrogen-bond donors (Lipinski definition) is 2. The topological polar surface area (TPSA) is 80.9 Å². The normalized spacial score (nSPS) is 17.3. The predicted molar refractivity (Wildman–Crippen MR) is 60.1 cm³/mol. The number of carbonyl (C=O) groups excluding carboxylic acids is 1. The molecule has 1 aliphatic heterocycles. The number of hydrogen-bond acceptors (Lipinski definition) is 4. The van der Waals surface area contributed by atoms with E-state index >= 15 is 0 Å². The summed E-state index contributed by atoms with van der Waals surface area (Å²) in [5.41, 5.74) is 6.31. The zero-order valence-electron chi connectivity index (χ0n) is 9.36. The Kier molecular flexibility index (Phi) is 3.14. The lowest BCUT2D eigenvalue weighted by molar-refractivity contribution is 0.0999. The summed E-state index contributed by atoms with van der Waals surface area (Å²) < 4.78 is 0. The van der Waals surface area contributed by atoms with Crippen LogP contribution >= 0.6 is 0 Å². The molecule has 3 N–H and O–H groups in total. The van der Waals surface area contributed by atoms with E-state index < -0.39 is 5.91 Å². The van der Waals surface area contributed by atoms with Crippen molar-refractivity contribution in [3.05, 3.63) is 23.3 Å². The van der Waals surface area contributed by atoms with E-state index in [0.29, 0.717) is 17.2 Å². The third-order valence-electron chi connectivity index (χ3n) is 2.97. The highest BCUT2D eigenvalue weighted by atomic mass is 16.1. The first-order chi connectivity index (χ1) is 7.68. The molecule has 2 rings (SSSR count). The van der Waals surface area contributed by atoms with Gasteiger partial charge in [-0.15, -0.1) is 0 Å². The minimum Gasteiger partial charge on any atom is -0.365 e. The Balaban J connectivity index is 2.23. The molecule has 0 saturated carbocycles. The first-order valence-corrected chi connectivity index (χ1v) is 5.52. The van der Waals surface area contributed by atoms with Crippen molar-refractivity contribution in [3.63, 3.8) is 0 Å². The van der Waals surface area contributed by atoms with Crippen LogP contribution in [-0.4, -0.2) is 29.0 Å². The van der Waals surface area contributed by atoms with Crippen LogP contribution in [-0.2, 0) is 0 Å². The van der Waals surface area contributed by atoms with Crippen molar-refractivity contribution >= 4 is 5.91 Å². The number of rotatable bonds is 2. The summed E-state index contributed by atoms with van der Waals surface area (Å²) >= 11 is 0. The van der Waals surface area contributed by atoms with Gasteiger partial charge < -0.3 is 11.1 Å². The summed E-state index contributed by atoms with van der Waals surface area (Å²) in [6.45, 7) is 3.81. The van der Waals surface area contributed by atoms with E-state index in [9.17, 15) is 4.79 Å². The largest absolute Gasteiger partial charge is 0.365 e. The second kappa shape index (κ2) is 4.57. The van der Waals surface area contributed by atoms with Gasteiger partial charge in [0.2, 0.25) is 0 Å². The van der Waals surface area contributed by atoms with Gasteiger partial charge in [0.25, 0.3) is 5.91 Å². The van der Waals surface area contributed by atoms with E-state index in [1.165, 1.54) is 0 Å². The van der Waals surface area contributed by atoms with Gasteiger partial charge in [-0.1, -0.05) is 0 Å².